The largest absolute Gasteiger partial charge is 0.488 e. The number of carboxylic acid groups (broad SMARTS) is 1. The highest BCUT2D eigenvalue weighted by Crippen LogP contribution is 2.32. The molecule has 2 N–H and O–H groups in total. The Morgan fingerprint density at radius 1 is 1.18 bits per heavy atom. The molecule has 0 fully saturated rings. The Hall–Kier alpha value is -3.63. The van der Waals surface area contributed by atoms with E-state index in [2.05, 4.69) is 25.9 Å². The zero-order valence-electron chi connectivity index (χ0n) is 16.9. The van der Waals surface area contributed by atoms with E-state index in [4.69, 9.17) is 4.74 Å². The summed E-state index contributed by atoms with van der Waals surface area (Å²) in [5.41, 5.74) is 2.87. The first kappa shape index (κ1) is 22.6. The van der Waals surface area contributed by atoms with Crippen LogP contribution in [0.1, 0.15) is 11.1 Å². The number of fused-ring (bicyclic) bond motifs is 1. The number of non-ortho nitro benzene ring substituents is 1. The van der Waals surface area contributed by atoms with Gasteiger partial charge in [0.15, 0.2) is 5.16 Å². The smallest absolute Gasteiger partial charge is 0.342 e. The Labute approximate surface area is 200 Å². The molecule has 1 aromatic heterocycles. The highest BCUT2D eigenvalue weighted by atomic mass is 79.9. The molecule has 0 amide bonds. The average Bonchev–Trinajstić information content (AvgIpc) is 3.21. The van der Waals surface area contributed by atoms with Crippen molar-refractivity contribution in [3.8, 4) is 5.75 Å². The van der Waals surface area contributed by atoms with E-state index in [0.717, 1.165) is 32.8 Å². The van der Waals surface area contributed by atoms with Gasteiger partial charge >= 0.3 is 5.97 Å². The summed E-state index contributed by atoms with van der Waals surface area (Å²) in [6.07, 6.45) is 1.52. The second-order valence-corrected chi connectivity index (χ2v) is 8.82. The van der Waals surface area contributed by atoms with Crippen molar-refractivity contribution in [2.75, 3.05) is 0 Å². The maximum absolute atomic E-state index is 11.9. The average molecular weight is 526 g/mol. The minimum atomic E-state index is -1.10. The normalized spacial score (nSPS) is 11.5. The van der Waals surface area contributed by atoms with Crippen LogP contribution in [0.4, 0.5) is 5.69 Å². The third kappa shape index (κ3) is 5.60. The topological polar surface area (TPSA) is 118 Å². The summed E-state index contributed by atoms with van der Waals surface area (Å²) in [6.45, 7) is 0.166. The van der Waals surface area contributed by atoms with Crippen LogP contribution in [-0.2, 0) is 11.4 Å². The van der Waals surface area contributed by atoms with Gasteiger partial charge in [-0.2, -0.15) is 0 Å². The van der Waals surface area contributed by atoms with Crippen molar-refractivity contribution in [1.82, 2.24) is 9.97 Å². The van der Waals surface area contributed by atoms with Crippen LogP contribution in [0.25, 0.3) is 17.1 Å². The highest BCUT2D eigenvalue weighted by Gasteiger charge is 2.15. The molecule has 0 aliphatic carbocycles. The van der Waals surface area contributed by atoms with Crippen LogP contribution < -0.4 is 4.74 Å². The predicted molar refractivity (Wildman–Crippen MR) is 129 cm³/mol. The van der Waals surface area contributed by atoms with Gasteiger partial charge in [0.25, 0.3) is 5.69 Å². The molecule has 0 unspecified atom stereocenters. The number of nitrogens with zero attached hydrogens (tertiary/aromatic N) is 2. The number of nitro groups is 1. The number of rotatable bonds is 8. The van der Waals surface area contributed by atoms with Gasteiger partial charge in [-0.25, -0.2) is 9.78 Å². The van der Waals surface area contributed by atoms with E-state index in [1.807, 2.05) is 24.3 Å². The van der Waals surface area contributed by atoms with Crippen LogP contribution in [0.2, 0.25) is 0 Å². The lowest BCUT2D eigenvalue weighted by atomic mass is 10.2. The van der Waals surface area contributed by atoms with Crippen molar-refractivity contribution in [3.63, 3.8) is 0 Å². The molecule has 10 heteroatoms. The molecule has 0 aliphatic heterocycles. The molecule has 166 valence electrons. The van der Waals surface area contributed by atoms with Crippen LogP contribution in [0, 0.1) is 10.1 Å². The van der Waals surface area contributed by atoms with Crippen molar-refractivity contribution in [3.05, 3.63) is 97.3 Å². The molecule has 3 aromatic carbocycles. The molecule has 4 aromatic rings. The van der Waals surface area contributed by atoms with E-state index in [0.29, 0.717) is 16.5 Å². The lowest BCUT2D eigenvalue weighted by Gasteiger charge is -2.11. The van der Waals surface area contributed by atoms with E-state index < -0.39 is 10.9 Å². The Morgan fingerprint density at radius 2 is 1.94 bits per heavy atom. The number of aliphatic carboxylic acids is 1. The number of thioether (sulfide) groups is 1. The van der Waals surface area contributed by atoms with Crippen LogP contribution >= 0.6 is 27.7 Å². The fourth-order valence-corrected chi connectivity index (χ4v) is 4.16. The zero-order valence-corrected chi connectivity index (χ0v) is 19.3. The maximum Gasteiger partial charge on any atom is 0.342 e. The molecule has 0 radical (unpaired) electrons. The van der Waals surface area contributed by atoms with Gasteiger partial charge in [0.05, 0.1) is 16.0 Å². The Balaban J connectivity index is 1.58. The highest BCUT2D eigenvalue weighted by molar-refractivity contribution is 9.10. The molecule has 4 rings (SSSR count). The lowest BCUT2D eigenvalue weighted by Crippen LogP contribution is -2.00. The van der Waals surface area contributed by atoms with Crippen molar-refractivity contribution in [2.45, 2.75) is 11.8 Å². The van der Waals surface area contributed by atoms with E-state index in [9.17, 15) is 20.0 Å². The van der Waals surface area contributed by atoms with E-state index in [-0.39, 0.29) is 17.2 Å². The Morgan fingerprint density at radius 3 is 2.64 bits per heavy atom. The summed E-state index contributed by atoms with van der Waals surface area (Å²) >= 11 is 4.42. The van der Waals surface area contributed by atoms with Gasteiger partial charge in [-0.05, 0) is 65.9 Å². The number of halogens is 1. The predicted octanol–water partition coefficient (Wildman–Crippen LogP) is 6.03. The number of carboxylic acids is 1. The van der Waals surface area contributed by atoms with E-state index >= 15 is 0 Å². The minimum Gasteiger partial charge on any atom is -0.488 e. The number of hydrogen-bond acceptors (Lipinski definition) is 6. The van der Waals surface area contributed by atoms with Gasteiger partial charge in [-0.15, -0.1) is 0 Å². The zero-order chi connectivity index (χ0) is 23.4. The number of nitro benzene ring substituents is 1. The molecule has 0 atom stereocenters. The van der Waals surface area contributed by atoms with Crippen LogP contribution in [-0.4, -0.2) is 26.0 Å². The molecule has 0 saturated carbocycles. The number of H-pyrrole nitrogens is 1. The second-order valence-electron chi connectivity index (χ2n) is 6.87. The fraction of sp³-hybridized carbons (Fsp3) is 0.0435. The van der Waals surface area contributed by atoms with Crippen LogP contribution in [0.5, 0.6) is 5.75 Å². The van der Waals surface area contributed by atoms with Crippen molar-refractivity contribution < 1.29 is 19.6 Å². The quantitative estimate of drug-likeness (QED) is 0.125. The number of ether oxygens (including phenoxy) is 1. The summed E-state index contributed by atoms with van der Waals surface area (Å²) in [5.74, 6) is -0.623. The fourth-order valence-electron chi connectivity index (χ4n) is 3.00. The molecule has 0 bridgehead atoms. The van der Waals surface area contributed by atoms with Gasteiger partial charge in [0, 0.05) is 22.2 Å². The molecule has 33 heavy (non-hydrogen) atoms. The number of aromatic nitrogens is 2. The van der Waals surface area contributed by atoms with Gasteiger partial charge in [0.2, 0.25) is 0 Å². The number of aromatic amines is 1. The standard InChI is InChI=1S/C23H16BrN3O5S/c24-16-7-10-20(32-13-14-5-8-17(9-6-14)27(30)31)15(11-16)12-21(22(28)29)33-23-25-18-3-1-2-4-19(18)26-23/h1-12H,13H2,(H,25,26)(H,28,29)/b21-12-. The van der Waals surface area contributed by atoms with Gasteiger partial charge < -0.3 is 14.8 Å². The molecule has 1 heterocycles. The lowest BCUT2D eigenvalue weighted by molar-refractivity contribution is -0.384. The minimum absolute atomic E-state index is 0.000254. The first-order valence-corrected chi connectivity index (χ1v) is 11.2. The monoisotopic (exact) mass is 525 g/mol. The summed E-state index contributed by atoms with van der Waals surface area (Å²) in [6, 6.07) is 18.8. The second kappa shape index (κ2) is 9.88. The number of nitrogens with one attached hydrogen (secondary N) is 1. The van der Waals surface area contributed by atoms with E-state index in [1.54, 1.807) is 30.3 Å². The summed E-state index contributed by atoms with van der Waals surface area (Å²) in [7, 11) is 0. The summed E-state index contributed by atoms with van der Waals surface area (Å²) in [5, 5.41) is 21.1. The number of carbonyl (C=O) groups is 1. The van der Waals surface area contributed by atoms with E-state index in [1.165, 1.54) is 18.2 Å². The van der Waals surface area contributed by atoms with Crippen LogP contribution in [0.15, 0.2) is 81.3 Å². The maximum atomic E-state index is 11.9. The van der Waals surface area contributed by atoms with Crippen molar-refractivity contribution in [1.29, 1.82) is 0 Å². The number of hydrogen-bond donors (Lipinski definition) is 2. The molecule has 0 spiro atoms. The van der Waals surface area contributed by atoms with Gasteiger partial charge in [-0.3, -0.25) is 10.1 Å². The van der Waals surface area contributed by atoms with Crippen LogP contribution in [0.3, 0.4) is 0 Å². The molecule has 0 saturated heterocycles. The van der Waals surface area contributed by atoms with Gasteiger partial charge in [0.1, 0.15) is 17.3 Å². The first-order chi connectivity index (χ1) is 15.9. The number of imidazole rings is 1. The summed E-state index contributed by atoms with van der Waals surface area (Å²) in [4.78, 5) is 29.9. The molecular weight excluding hydrogens is 510 g/mol. The van der Waals surface area contributed by atoms with Crippen molar-refractivity contribution >= 4 is 56.5 Å². The SMILES string of the molecule is O=C(O)/C(=C/c1cc(Br)ccc1OCc1ccc([N+](=O)[O-])cc1)Sc1nc2ccccc2[nH]1. The Bertz CT molecular complexity index is 1340. The third-order valence-electron chi connectivity index (χ3n) is 4.58. The van der Waals surface area contributed by atoms with Crippen molar-refractivity contribution in [2.24, 2.45) is 0 Å². The number of benzene rings is 3. The first-order valence-electron chi connectivity index (χ1n) is 9.62. The third-order valence-corrected chi connectivity index (χ3v) is 5.98. The molecule has 8 nitrogen and oxygen atoms in total. The number of para-hydroxylation sites is 2. The Kier molecular flexibility index (Phi) is 6.76. The molecular formula is C23H16BrN3O5S. The van der Waals surface area contributed by atoms with Gasteiger partial charge in [-0.1, -0.05) is 28.1 Å². The summed E-state index contributed by atoms with van der Waals surface area (Å²) < 4.78 is 6.66. The molecule has 0 aliphatic rings.